The first kappa shape index (κ1) is 19.0. The standard InChI is InChI=1S/C16H26N6O3S/c1-11(2)10-22-14(20-6-8-25-9-7-20)18-19-16(22)26-12(3)13(23)21-5-4-17-15(21)24/h11-12H,4-10H2,1-3H3,(H,17,24)/t12-/m1/s1. The molecule has 3 amide bonds. The molecule has 0 aromatic carbocycles. The Balaban J connectivity index is 1.76. The molecule has 26 heavy (non-hydrogen) atoms. The van der Waals surface area contributed by atoms with E-state index < -0.39 is 5.25 Å². The first-order chi connectivity index (χ1) is 12.5. The number of carbonyl (C=O) groups excluding carboxylic acids is 2. The number of thioether (sulfide) groups is 1. The fourth-order valence-corrected chi connectivity index (χ4v) is 3.92. The molecular formula is C16H26N6O3S. The van der Waals surface area contributed by atoms with Crippen LogP contribution in [-0.4, -0.2) is 76.2 Å². The summed E-state index contributed by atoms with van der Waals surface area (Å²) in [7, 11) is 0. The number of anilines is 1. The van der Waals surface area contributed by atoms with E-state index in [0.29, 0.717) is 37.4 Å². The van der Waals surface area contributed by atoms with E-state index in [1.165, 1.54) is 16.7 Å². The van der Waals surface area contributed by atoms with E-state index in [1.54, 1.807) is 6.92 Å². The Morgan fingerprint density at radius 1 is 1.23 bits per heavy atom. The number of carbonyl (C=O) groups is 2. The summed E-state index contributed by atoms with van der Waals surface area (Å²) < 4.78 is 7.50. The number of imide groups is 1. The van der Waals surface area contributed by atoms with E-state index in [2.05, 4.69) is 38.8 Å². The van der Waals surface area contributed by atoms with Crippen LogP contribution in [0.1, 0.15) is 20.8 Å². The van der Waals surface area contributed by atoms with Crippen LogP contribution >= 0.6 is 11.8 Å². The third-order valence-corrected chi connectivity index (χ3v) is 5.36. The number of hydrogen-bond acceptors (Lipinski definition) is 7. The Kier molecular flexibility index (Phi) is 6.02. The van der Waals surface area contributed by atoms with Crippen molar-refractivity contribution >= 4 is 29.6 Å². The highest BCUT2D eigenvalue weighted by atomic mass is 32.2. The molecule has 0 bridgehead atoms. The third kappa shape index (κ3) is 4.12. The van der Waals surface area contributed by atoms with Crippen LogP contribution in [0.4, 0.5) is 10.7 Å². The molecule has 10 heteroatoms. The van der Waals surface area contributed by atoms with Gasteiger partial charge in [0.2, 0.25) is 11.9 Å². The highest BCUT2D eigenvalue weighted by molar-refractivity contribution is 8.00. The molecule has 2 fully saturated rings. The summed E-state index contributed by atoms with van der Waals surface area (Å²) in [5.41, 5.74) is 0. The average Bonchev–Trinajstić information content (AvgIpc) is 3.21. The lowest BCUT2D eigenvalue weighted by molar-refractivity contribution is -0.126. The number of rotatable bonds is 6. The predicted octanol–water partition coefficient (Wildman–Crippen LogP) is 0.803. The molecule has 1 N–H and O–H groups in total. The second kappa shape index (κ2) is 8.26. The van der Waals surface area contributed by atoms with Crippen molar-refractivity contribution in [1.82, 2.24) is 25.0 Å². The number of hydrogen-bond donors (Lipinski definition) is 1. The molecule has 1 atom stereocenters. The first-order valence-electron chi connectivity index (χ1n) is 8.99. The third-order valence-electron chi connectivity index (χ3n) is 4.29. The number of morpholine rings is 1. The van der Waals surface area contributed by atoms with Crippen molar-refractivity contribution in [2.75, 3.05) is 44.3 Å². The molecule has 0 aliphatic carbocycles. The summed E-state index contributed by atoms with van der Waals surface area (Å²) in [6.45, 7) is 10.7. The number of amides is 3. The lowest BCUT2D eigenvalue weighted by atomic mass is 10.2. The first-order valence-corrected chi connectivity index (χ1v) is 9.87. The van der Waals surface area contributed by atoms with Gasteiger partial charge in [0.15, 0.2) is 5.16 Å². The van der Waals surface area contributed by atoms with Crippen molar-refractivity contribution in [1.29, 1.82) is 0 Å². The van der Waals surface area contributed by atoms with Gasteiger partial charge in [-0.1, -0.05) is 25.6 Å². The molecule has 0 saturated carbocycles. The van der Waals surface area contributed by atoms with Gasteiger partial charge in [-0.15, -0.1) is 10.2 Å². The Bertz CT molecular complexity index is 658. The van der Waals surface area contributed by atoms with Crippen LogP contribution in [0.15, 0.2) is 5.16 Å². The van der Waals surface area contributed by atoms with Crippen molar-refractivity contribution in [2.24, 2.45) is 5.92 Å². The molecule has 1 aromatic heterocycles. The minimum Gasteiger partial charge on any atom is -0.378 e. The van der Waals surface area contributed by atoms with Gasteiger partial charge >= 0.3 is 6.03 Å². The molecule has 1 aromatic rings. The van der Waals surface area contributed by atoms with E-state index in [1.807, 2.05) is 0 Å². The highest BCUT2D eigenvalue weighted by Gasteiger charge is 2.31. The molecule has 0 radical (unpaired) electrons. The SMILES string of the molecule is CC(C)Cn1c(S[C@H](C)C(=O)N2CCNC2=O)nnc1N1CCOCC1. The number of nitrogens with one attached hydrogen (secondary N) is 1. The molecule has 3 heterocycles. The summed E-state index contributed by atoms with van der Waals surface area (Å²) >= 11 is 1.35. The fraction of sp³-hybridized carbons (Fsp3) is 0.750. The van der Waals surface area contributed by atoms with Crippen LogP contribution in [0, 0.1) is 5.92 Å². The molecule has 0 unspecified atom stereocenters. The molecule has 144 valence electrons. The van der Waals surface area contributed by atoms with Crippen molar-refractivity contribution in [3.8, 4) is 0 Å². The van der Waals surface area contributed by atoms with Crippen LogP contribution in [0.3, 0.4) is 0 Å². The smallest absolute Gasteiger partial charge is 0.324 e. The molecule has 2 aliphatic heterocycles. The van der Waals surface area contributed by atoms with Crippen LogP contribution in [0.5, 0.6) is 0 Å². The Morgan fingerprint density at radius 3 is 2.58 bits per heavy atom. The van der Waals surface area contributed by atoms with Gasteiger partial charge in [-0.3, -0.25) is 14.3 Å². The van der Waals surface area contributed by atoms with Gasteiger partial charge in [0.05, 0.1) is 18.5 Å². The second-order valence-corrected chi connectivity index (χ2v) is 8.18. The van der Waals surface area contributed by atoms with E-state index >= 15 is 0 Å². The minimum atomic E-state index is -0.411. The number of nitrogens with zero attached hydrogens (tertiary/aromatic N) is 5. The van der Waals surface area contributed by atoms with Crippen molar-refractivity contribution in [3.63, 3.8) is 0 Å². The van der Waals surface area contributed by atoms with Crippen LogP contribution in [-0.2, 0) is 16.1 Å². The predicted molar refractivity (Wildman–Crippen MR) is 98.3 cm³/mol. The summed E-state index contributed by atoms with van der Waals surface area (Å²) in [6, 6.07) is -0.319. The molecular weight excluding hydrogens is 356 g/mol. The molecule has 2 aliphatic rings. The van der Waals surface area contributed by atoms with E-state index in [-0.39, 0.29) is 11.9 Å². The maximum Gasteiger partial charge on any atom is 0.324 e. The second-order valence-electron chi connectivity index (χ2n) is 6.87. The number of ether oxygens (including phenoxy) is 1. The lowest BCUT2D eigenvalue weighted by Gasteiger charge is -2.28. The zero-order valence-corrected chi connectivity index (χ0v) is 16.3. The lowest BCUT2D eigenvalue weighted by Crippen LogP contribution is -2.39. The van der Waals surface area contributed by atoms with Gasteiger partial charge in [0.25, 0.3) is 0 Å². The summed E-state index contributed by atoms with van der Waals surface area (Å²) in [5.74, 6) is 1.04. The van der Waals surface area contributed by atoms with Gasteiger partial charge < -0.3 is 15.0 Å². The largest absolute Gasteiger partial charge is 0.378 e. The monoisotopic (exact) mass is 382 g/mol. The maximum absolute atomic E-state index is 12.6. The minimum absolute atomic E-state index is 0.197. The Morgan fingerprint density at radius 2 is 1.96 bits per heavy atom. The van der Waals surface area contributed by atoms with Crippen LogP contribution in [0.2, 0.25) is 0 Å². The summed E-state index contributed by atoms with van der Waals surface area (Å²) in [6.07, 6.45) is 0. The number of aromatic nitrogens is 3. The molecule has 0 spiro atoms. The molecule has 9 nitrogen and oxygen atoms in total. The summed E-state index contributed by atoms with van der Waals surface area (Å²) in [4.78, 5) is 27.7. The molecule has 2 saturated heterocycles. The van der Waals surface area contributed by atoms with E-state index in [0.717, 1.165) is 25.6 Å². The van der Waals surface area contributed by atoms with Gasteiger partial charge in [-0.05, 0) is 12.8 Å². The van der Waals surface area contributed by atoms with Crippen LogP contribution < -0.4 is 10.2 Å². The van der Waals surface area contributed by atoms with Crippen LogP contribution in [0.25, 0.3) is 0 Å². The maximum atomic E-state index is 12.6. The van der Waals surface area contributed by atoms with Crippen molar-refractivity contribution in [3.05, 3.63) is 0 Å². The zero-order chi connectivity index (χ0) is 18.7. The zero-order valence-electron chi connectivity index (χ0n) is 15.5. The van der Waals surface area contributed by atoms with Gasteiger partial charge in [0.1, 0.15) is 0 Å². The fourth-order valence-electron chi connectivity index (χ4n) is 3.00. The normalized spacial score (nSPS) is 19.2. The van der Waals surface area contributed by atoms with Gasteiger partial charge in [-0.25, -0.2) is 4.79 Å². The Hall–Kier alpha value is -1.81. The van der Waals surface area contributed by atoms with Gasteiger partial charge in [0, 0.05) is 32.7 Å². The van der Waals surface area contributed by atoms with E-state index in [4.69, 9.17) is 4.74 Å². The van der Waals surface area contributed by atoms with Crippen molar-refractivity contribution < 1.29 is 14.3 Å². The van der Waals surface area contributed by atoms with Gasteiger partial charge in [-0.2, -0.15) is 0 Å². The van der Waals surface area contributed by atoms with E-state index in [9.17, 15) is 9.59 Å². The topological polar surface area (TPSA) is 92.6 Å². The number of urea groups is 1. The molecule has 3 rings (SSSR count). The summed E-state index contributed by atoms with van der Waals surface area (Å²) in [5, 5.41) is 11.7. The quantitative estimate of drug-likeness (QED) is 0.728. The Labute approximate surface area is 157 Å². The average molecular weight is 382 g/mol. The highest BCUT2D eigenvalue weighted by Crippen LogP contribution is 2.28. The van der Waals surface area contributed by atoms with Crippen molar-refractivity contribution in [2.45, 2.75) is 37.7 Å².